The highest BCUT2D eigenvalue weighted by Gasteiger charge is 2.50. The van der Waals surface area contributed by atoms with Gasteiger partial charge in [0.05, 0.1) is 5.41 Å². The number of hydrogen-bond acceptors (Lipinski definition) is 2. The minimum Gasteiger partial charge on any atom is -0.376 e. The molecule has 0 aromatic heterocycles. The van der Waals surface area contributed by atoms with Gasteiger partial charge >= 0.3 is 1.43 Å². The summed E-state index contributed by atoms with van der Waals surface area (Å²) in [6.07, 6.45) is 0. The molecule has 0 radical (unpaired) electrons. The van der Waals surface area contributed by atoms with Crippen LogP contribution in [0.4, 0.5) is 0 Å². The third-order valence-electron chi connectivity index (χ3n) is 19.7. The summed E-state index contributed by atoms with van der Waals surface area (Å²) in [6.45, 7) is 0. The van der Waals surface area contributed by atoms with Crippen LogP contribution in [0.2, 0.25) is 15.1 Å². The molecule has 0 fully saturated rings. The van der Waals surface area contributed by atoms with Crippen LogP contribution < -0.4 is 5.43 Å². The van der Waals surface area contributed by atoms with Crippen molar-refractivity contribution >= 4 is 83.1 Å². The van der Waals surface area contributed by atoms with Crippen molar-refractivity contribution in [3.8, 4) is 77.9 Å². The fourth-order valence-electron chi connectivity index (χ4n) is 15.4. The molecule has 0 saturated heterocycles. The van der Waals surface area contributed by atoms with Gasteiger partial charge in [0.15, 0.2) is 5.43 Å². The summed E-state index contributed by atoms with van der Waals surface area (Å²) in [7, 11) is 0. The Kier molecular flexibility index (Phi) is 16.9. The second-order valence-corrected chi connectivity index (χ2v) is 27.1. The second kappa shape index (κ2) is 26.6. The van der Waals surface area contributed by atoms with E-state index in [1.54, 1.807) is 0 Å². The Labute approximate surface area is 600 Å². The molecule has 16 aromatic rings. The molecule has 0 amide bonds. The summed E-state index contributed by atoms with van der Waals surface area (Å²) in [5.74, 6) is 0. The van der Waals surface area contributed by atoms with Gasteiger partial charge < -0.3 is 5.11 Å². The van der Waals surface area contributed by atoms with Crippen LogP contribution in [0, 0.1) is 0 Å². The van der Waals surface area contributed by atoms with Crippen molar-refractivity contribution in [3.63, 3.8) is 0 Å². The van der Waals surface area contributed by atoms with E-state index in [9.17, 15) is 9.90 Å². The number of rotatable bonds is 3. The van der Waals surface area contributed by atoms with E-state index in [0.717, 1.165) is 96.9 Å². The van der Waals surface area contributed by atoms with Gasteiger partial charge in [0.25, 0.3) is 0 Å². The number of fused-ring (bicyclic) bond motifs is 22. The zero-order valence-corrected chi connectivity index (χ0v) is 57.3. The first-order chi connectivity index (χ1) is 48.6. The first-order valence-electron chi connectivity index (χ1n) is 33.0. The van der Waals surface area contributed by atoms with Crippen molar-refractivity contribution in [1.82, 2.24) is 0 Å². The van der Waals surface area contributed by atoms with Crippen LogP contribution in [0.1, 0.15) is 40.4 Å². The molecule has 0 heterocycles. The first kappa shape index (κ1) is 63.0. The maximum atomic E-state index is 12.9. The van der Waals surface area contributed by atoms with Gasteiger partial charge in [-0.05, 0) is 164 Å². The van der Waals surface area contributed by atoms with Crippen LogP contribution in [-0.4, -0.2) is 5.11 Å². The molecule has 6 heteroatoms. The fraction of sp³-hybridized carbons (Fsp3) is 0.0215. The lowest BCUT2D eigenvalue weighted by Crippen LogP contribution is -2.30. The standard InChI is InChI=1S/C31H21ClO.C31H19Cl.C19H12O.C12H8BrCl/c32-22-19-17-21(18-20-22)23-9-3-6-14-28(23)31(33)29-15-7-4-12-26(29)24-10-1-2-11-25(24)27-13-5-8-16-30(27)31;32-20-17-18-26-25-13-5-8-16-29(25)31(30(26)19-20)27-14-6-3-11-23(27)21-9-1-2-10-22(21)24-12-4-7-15-28(24)31;20-19-17-11-5-3-9-15(17)13-7-1-2-8-14(13)16-10-4-6-12-18(16)19;13-12-4-2-1-3-11(12)9-5-7-10(14)8-6-9/h1-20,33H;1-19H;1-12H;1-8H/p+1. The third kappa shape index (κ3) is 11.0. The summed E-state index contributed by atoms with van der Waals surface area (Å²) in [6, 6.07) is 122. The van der Waals surface area contributed by atoms with Gasteiger partial charge in [-0.3, -0.25) is 4.79 Å². The predicted octanol–water partition coefficient (Wildman–Crippen LogP) is 25.7. The van der Waals surface area contributed by atoms with Crippen molar-refractivity contribution in [2.24, 2.45) is 0 Å². The van der Waals surface area contributed by atoms with E-state index in [-0.39, 0.29) is 6.86 Å². The maximum absolute atomic E-state index is 12.9. The van der Waals surface area contributed by atoms with Gasteiger partial charge in [0.1, 0.15) is 5.60 Å². The molecule has 99 heavy (non-hydrogen) atoms. The number of benzene rings is 15. The van der Waals surface area contributed by atoms with Crippen molar-refractivity contribution in [1.29, 1.82) is 0 Å². The molecule has 3 aliphatic carbocycles. The Morgan fingerprint density at radius 2 is 0.495 bits per heavy atom. The normalized spacial score (nSPS) is 12.7. The average molecular weight is 1400 g/mol. The van der Waals surface area contributed by atoms with Crippen molar-refractivity contribution in [3.05, 3.63) is 427 Å². The van der Waals surface area contributed by atoms with E-state index < -0.39 is 11.0 Å². The Balaban J connectivity index is 0.000000113. The SMILES string of the molecule is Clc1ccc(-c2ccccc2Br)cc1.Clc1ccc2c(c1)C1(c3ccccc3-c3ccccc3-c3ccccc31)c1ccccc1-2.O=c1c2ccccc2c2ccccc2c2ccccc12.OC1(c2ccccc2-c2ccc(Cl)cc2)c2ccccc2-c2ccccc2-c2ccccc21.[H+]. The van der Waals surface area contributed by atoms with Crippen LogP contribution >= 0.6 is 50.7 Å². The zero-order valence-electron chi connectivity index (χ0n) is 54.4. The lowest BCUT2D eigenvalue weighted by atomic mass is 9.66. The van der Waals surface area contributed by atoms with Gasteiger partial charge in [-0.1, -0.05) is 366 Å². The third-order valence-corrected chi connectivity index (χ3v) is 21.1. The van der Waals surface area contributed by atoms with Gasteiger partial charge in [0, 0.05) is 47.0 Å². The van der Waals surface area contributed by atoms with Crippen molar-refractivity contribution in [2.45, 2.75) is 11.0 Å². The highest BCUT2D eigenvalue weighted by Crippen LogP contribution is 2.62. The molecule has 472 valence electrons. The fourth-order valence-corrected chi connectivity index (χ4v) is 16.3. The molecule has 3 aliphatic rings. The number of hydrogen-bond donors (Lipinski definition) is 1. The molecular weight excluding hydrogens is 1340 g/mol. The zero-order chi connectivity index (χ0) is 67.2. The van der Waals surface area contributed by atoms with E-state index in [4.69, 9.17) is 34.8 Å². The van der Waals surface area contributed by atoms with Gasteiger partial charge in [-0.25, -0.2) is 0 Å². The molecule has 0 saturated carbocycles. The van der Waals surface area contributed by atoms with Crippen molar-refractivity contribution in [2.75, 3.05) is 0 Å². The Morgan fingerprint density at radius 1 is 0.242 bits per heavy atom. The monoisotopic (exact) mass is 1390 g/mol. The van der Waals surface area contributed by atoms with Crippen LogP contribution in [0.15, 0.2) is 367 Å². The molecule has 0 atom stereocenters. The Morgan fingerprint density at radius 3 is 0.889 bits per heavy atom. The first-order valence-corrected chi connectivity index (χ1v) is 34.9. The molecule has 16 aromatic carbocycles. The number of halogens is 4. The van der Waals surface area contributed by atoms with Gasteiger partial charge in [0.2, 0.25) is 0 Å². The molecule has 0 aliphatic heterocycles. The molecule has 1 spiro atoms. The summed E-state index contributed by atoms with van der Waals surface area (Å²) in [4.78, 5) is 12.8. The van der Waals surface area contributed by atoms with Crippen LogP contribution in [0.25, 0.3) is 110 Å². The van der Waals surface area contributed by atoms with E-state index in [2.05, 4.69) is 186 Å². The molecule has 0 bridgehead atoms. The molecular formula is C93H61BrCl3O2+. The second-order valence-electron chi connectivity index (χ2n) is 25.0. The smallest absolute Gasteiger partial charge is 0.376 e. The van der Waals surface area contributed by atoms with Crippen LogP contribution in [-0.2, 0) is 11.0 Å². The highest BCUT2D eigenvalue weighted by atomic mass is 79.9. The summed E-state index contributed by atoms with van der Waals surface area (Å²) >= 11 is 22.2. The molecule has 0 unspecified atom stereocenters. The topological polar surface area (TPSA) is 37.3 Å². The average Bonchev–Trinajstić information content (AvgIpc) is 1.52. The number of aliphatic hydroxyl groups is 1. The Bertz CT molecular complexity index is 5660. The van der Waals surface area contributed by atoms with Crippen LogP contribution in [0.5, 0.6) is 0 Å². The summed E-state index contributed by atoms with van der Waals surface area (Å²) in [5, 5.41) is 20.9. The van der Waals surface area contributed by atoms with Gasteiger partial charge in [-0.2, -0.15) is 0 Å². The lowest BCUT2D eigenvalue weighted by molar-refractivity contribution is 0.128. The van der Waals surface area contributed by atoms with Crippen molar-refractivity contribution < 1.29 is 6.53 Å². The molecule has 1 N–H and O–H groups in total. The maximum Gasteiger partial charge on any atom is 1.00 e. The lowest BCUT2D eigenvalue weighted by Gasteiger charge is -2.35. The predicted molar refractivity (Wildman–Crippen MR) is 420 cm³/mol. The van der Waals surface area contributed by atoms with E-state index in [0.29, 0.717) is 5.02 Å². The largest absolute Gasteiger partial charge is 1.00 e. The summed E-state index contributed by atoms with van der Waals surface area (Å²) in [5.41, 5.74) is 22.5. The molecule has 19 rings (SSSR count). The van der Waals surface area contributed by atoms with Gasteiger partial charge in [-0.15, -0.1) is 0 Å². The van der Waals surface area contributed by atoms with E-state index in [1.165, 1.54) is 66.8 Å². The molecule has 2 nitrogen and oxygen atoms in total. The summed E-state index contributed by atoms with van der Waals surface area (Å²) < 4.78 is 1.10. The minimum atomic E-state index is -1.34. The Hall–Kier alpha value is -10.7. The van der Waals surface area contributed by atoms with E-state index >= 15 is 0 Å². The quantitative estimate of drug-likeness (QED) is 0.191. The van der Waals surface area contributed by atoms with E-state index in [1.807, 2.05) is 188 Å². The minimum absolute atomic E-state index is 0. The highest BCUT2D eigenvalue weighted by molar-refractivity contribution is 9.10. The van der Waals surface area contributed by atoms with Crippen LogP contribution in [0.3, 0.4) is 0 Å².